The molecule has 1 radical (unpaired) electrons. The molecule has 0 aliphatic rings. The van der Waals surface area contributed by atoms with E-state index in [-0.39, 0.29) is 30.0 Å². The number of hydrogen-bond acceptors (Lipinski definition) is 3. The first-order valence-corrected chi connectivity index (χ1v) is 2.47. The van der Waals surface area contributed by atoms with Crippen molar-refractivity contribution in [3.05, 3.63) is 0 Å². The topological polar surface area (TPSA) is 63.6 Å². The van der Waals surface area contributed by atoms with Crippen LogP contribution in [0.2, 0.25) is 0 Å². The summed E-state index contributed by atoms with van der Waals surface area (Å²) in [5.41, 5.74) is 0. The molecule has 10 heavy (non-hydrogen) atoms. The van der Waals surface area contributed by atoms with Crippen molar-refractivity contribution in [1.82, 2.24) is 0 Å². The first-order valence-electron chi connectivity index (χ1n) is 2.47. The fraction of sp³-hybridized carbons (Fsp3) is 0.600. The second-order valence-corrected chi connectivity index (χ2v) is 1.64. The van der Waals surface area contributed by atoms with Crippen LogP contribution in [0.5, 0.6) is 0 Å². The Kier molecular flexibility index (Phi) is 8.00. The number of ether oxygens (including phenoxy) is 1. The Bertz CT molecular complexity index is 114. The van der Waals surface area contributed by atoms with Crippen molar-refractivity contribution >= 4 is 12.4 Å². The van der Waals surface area contributed by atoms with Gasteiger partial charge >= 0.3 is 5.97 Å². The van der Waals surface area contributed by atoms with Crippen LogP contribution in [0.3, 0.4) is 0 Å². The first kappa shape index (κ1) is 12.2. The summed E-state index contributed by atoms with van der Waals surface area (Å²) >= 11 is 0. The summed E-state index contributed by atoms with van der Waals surface area (Å²) in [6.45, 7) is 1.76. The Morgan fingerprint density at radius 2 is 2.30 bits per heavy atom. The Labute approximate surface area is 69.0 Å². The van der Waals surface area contributed by atoms with Gasteiger partial charge in [-0.1, -0.05) is 0 Å². The summed E-state index contributed by atoms with van der Waals surface area (Å²) in [5, 5.41) is 8.11. The largest absolute Gasteiger partial charge is 0.481 e. The molecule has 0 aliphatic carbocycles. The predicted octanol–water partition coefficient (Wildman–Crippen LogP) is 0.0201. The van der Waals surface area contributed by atoms with Crippen LogP contribution in [0, 0.1) is 0 Å². The number of carboxylic acid groups (broad SMARTS) is 1. The van der Waals surface area contributed by atoms with E-state index < -0.39 is 12.1 Å². The zero-order chi connectivity index (χ0) is 7.28. The first-order chi connectivity index (χ1) is 4.16. The standard InChI is InChI=1S/C5H8O4.Cu/c1-4(9-3-6)2-5(7)8;/h3-4H,2H2,1H3,(H,7,8);. The molecular formula is C5H8CuO4. The van der Waals surface area contributed by atoms with Gasteiger partial charge in [0.05, 0.1) is 6.42 Å². The van der Waals surface area contributed by atoms with Gasteiger partial charge in [0.15, 0.2) is 0 Å². The molecule has 1 atom stereocenters. The summed E-state index contributed by atoms with van der Waals surface area (Å²) in [7, 11) is 0. The number of carboxylic acids is 1. The second-order valence-electron chi connectivity index (χ2n) is 1.64. The minimum absolute atomic E-state index is 0. The van der Waals surface area contributed by atoms with Gasteiger partial charge in [-0.25, -0.2) is 0 Å². The van der Waals surface area contributed by atoms with E-state index in [1.165, 1.54) is 6.92 Å². The molecule has 1 N–H and O–H groups in total. The Balaban J connectivity index is 0. The van der Waals surface area contributed by atoms with Gasteiger partial charge in [-0.3, -0.25) is 9.59 Å². The molecular weight excluding hydrogens is 188 g/mol. The fourth-order valence-electron chi connectivity index (χ4n) is 0.389. The van der Waals surface area contributed by atoms with Crippen LogP contribution in [0.4, 0.5) is 0 Å². The fourth-order valence-corrected chi connectivity index (χ4v) is 0.389. The van der Waals surface area contributed by atoms with Crippen LogP contribution in [0.25, 0.3) is 0 Å². The van der Waals surface area contributed by atoms with E-state index in [9.17, 15) is 9.59 Å². The molecule has 0 aliphatic heterocycles. The van der Waals surface area contributed by atoms with Crippen molar-refractivity contribution in [3.63, 3.8) is 0 Å². The zero-order valence-corrected chi connectivity index (χ0v) is 6.28. The van der Waals surface area contributed by atoms with E-state index in [1.54, 1.807) is 0 Å². The summed E-state index contributed by atoms with van der Waals surface area (Å²) in [6.07, 6.45) is -0.668. The van der Waals surface area contributed by atoms with Gasteiger partial charge in [0.25, 0.3) is 6.47 Å². The second kappa shape index (κ2) is 6.58. The van der Waals surface area contributed by atoms with Crippen LogP contribution in [0.1, 0.15) is 13.3 Å². The van der Waals surface area contributed by atoms with Crippen molar-refractivity contribution in [2.45, 2.75) is 19.4 Å². The molecule has 0 heterocycles. The molecule has 0 fully saturated rings. The van der Waals surface area contributed by atoms with Gasteiger partial charge in [0, 0.05) is 17.1 Å². The quantitative estimate of drug-likeness (QED) is 0.508. The molecule has 0 amide bonds. The molecule has 0 aromatic carbocycles. The van der Waals surface area contributed by atoms with Crippen molar-refractivity contribution in [1.29, 1.82) is 0 Å². The van der Waals surface area contributed by atoms with E-state index in [2.05, 4.69) is 4.74 Å². The summed E-state index contributed by atoms with van der Waals surface area (Å²) < 4.78 is 4.29. The molecule has 0 bridgehead atoms. The van der Waals surface area contributed by atoms with Crippen LogP contribution in [0.15, 0.2) is 0 Å². The molecule has 0 aromatic heterocycles. The maximum Gasteiger partial charge on any atom is 0.307 e. The summed E-state index contributed by atoms with van der Waals surface area (Å²) in [6, 6.07) is 0. The van der Waals surface area contributed by atoms with Crippen molar-refractivity contribution < 1.29 is 36.5 Å². The third kappa shape index (κ3) is 7.46. The third-order valence-electron chi connectivity index (χ3n) is 0.750. The Hall–Kier alpha value is -0.541. The SMILES string of the molecule is CC(CC(=O)O)OC=O.[Cu]. The summed E-state index contributed by atoms with van der Waals surface area (Å²) in [5.74, 6) is -0.968. The van der Waals surface area contributed by atoms with Gasteiger partial charge in [0.2, 0.25) is 0 Å². The number of carbonyl (C=O) groups excluding carboxylic acids is 1. The number of carbonyl (C=O) groups is 2. The Morgan fingerprint density at radius 1 is 1.80 bits per heavy atom. The molecule has 0 rings (SSSR count). The molecule has 0 saturated heterocycles. The van der Waals surface area contributed by atoms with E-state index in [0.29, 0.717) is 0 Å². The normalized spacial score (nSPS) is 10.9. The molecule has 0 aromatic rings. The molecule has 4 nitrogen and oxygen atoms in total. The van der Waals surface area contributed by atoms with Gasteiger partial charge < -0.3 is 9.84 Å². The van der Waals surface area contributed by atoms with Gasteiger partial charge in [-0.15, -0.1) is 0 Å². The molecule has 63 valence electrons. The number of aliphatic carboxylic acids is 1. The van der Waals surface area contributed by atoms with E-state index in [1.807, 2.05) is 0 Å². The maximum absolute atomic E-state index is 9.89. The van der Waals surface area contributed by atoms with Crippen molar-refractivity contribution in [3.8, 4) is 0 Å². The molecule has 0 spiro atoms. The van der Waals surface area contributed by atoms with E-state index in [4.69, 9.17) is 5.11 Å². The van der Waals surface area contributed by atoms with Crippen molar-refractivity contribution in [2.24, 2.45) is 0 Å². The Morgan fingerprint density at radius 3 is 2.60 bits per heavy atom. The van der Waals surface area contributed by atoms with Crippen LogP contribution in [-0.4, -0.2) is 23.7 Å². The number of hydrogen-bond donors (Lipinski definition) is 1. The van der Waals surface area contributed by atoms with Crippen LogP contribution in [-0.2, 0) is 31.4 Å². The van der Waals surface area contributed by atoms with Gasteiger partial charge in [-0.2, -0.15) is 0 Å². The minimum Gasteiger partial charge on any atom is -0.481 e. The van der Waals surface area contributed by atoms with Crippen molar-refractivity contribution in [2.75, 3.05) is 0 Å². The van der Waals surface area contributed by atoms with Gasteiger partial charge in [0.1, 0.15) is 6.10 Å². The van der Waals surface area contributed by atoms with Crippen LogP contribution >= 0.6 is 0 Å². The summed E-state index contributed by atoms with van der Waals surface area (Å²) in [4.78, 5) is 19.5. The smallest absolute Gasteiger partial charge is 0.307 e. The predicted molar refractivity (Wildman–Crippen MR) is 28.9 cm³/mol. The number of rotatable bonds is 4. The van der Waals surface area contributed by atoms with E-state index in [0.717, 1.165) is 0 Å². The average molecular weight is 196 g/mol. The third-order valence-corrected chi connectivity index (χ3v) is 0.750. The van der Waals surface area contributed by atoms with E-state index >= 15 is 0 Å². The molecule has 0 saturated carbocycles. The monoisotopic (exact) mass is 195 g/mol. The maximum atomic E-state index is 9.89. The minimum atomic E-state index is -0.968. The zero-order valence-electron chi connectivity index (χ0n) is 5.34. The molecule has 1 unspecified atom stereocenters. The van der Waals surface area contributed by atoms with Crippen LogP contribution < -0.4 is 0 Å². The van der Waals surface area contributed by atoms with Gasteiger partial charge in [-0.05, 0) is 6.92 Å². The molecule has 5 heteroatoms. The average Bonchev–Trinajstić information content (AvgIpc) is 1.63.